The lowest BCUT2D eigenvalue weighted by atomic mass is 10.1. The second-order valence-electron chi connectivity index (χ2n) is 2.81. The molecule has 0 aliphatic carbocycles. The Morgan fingerprint density at radius 2 is 1.62 bits per heavy atom. The Morgan fingerprint density at radius 1 is 1.19 bits per heavy atom. The van der Waals surface area contributed by atoms with Gasteiger partial charge >= 0.3 is 0 Å². The number of carbonyl (C=O) groups excluding carboxylic acids is 1. The van der Waals surface area contributed by atoms with E-state index in [-0.39, 0.29) is 17.8 Å². The topological polar surface area (TPSA) is 113 Å². The number of ether oxygens (including phenoxy) is 1. The van der Waals surface area contributed by atoms with Crippen LogP contribution in [0.3, 0.4) is 0 Å². The smallest absolute Gasteiger partial charge is 0.298 e. The van der Waals surface area contributed by atoms with E-state index in [1.165, 1.54) is 6.92 Å². The highest BCUT2D eigenvalue weighted by Gasteiger charge is 2.23. The summed E-state index contributed by atoms with van der Waals surface area (Å²) in [5.41, 5.74) is -1.02. The average molecular weight is 226 g/mol. The molecule has 8 heteroatoms. The number of nitro benzene ring substituents is 2. The van der Waals surface area contributed by atoms with Crippen molar-refractivity contribution >= 4 is 17.8 Å². The zero-order chi connectivity index (χ0) is 12.3. The maximum absolute atomic E-state index is 10.6. The lowest BCUT2D eigenvalue weighted by molar-refractivity contribution is -0.395. The fraction of sp³-hybridized carbons (Fsp3) is 0.125. The summed E-state index contributed by atoms with van der Waals surface area (Å²) >= 11 is 0. The quantitative estimate of drug-likeness (QED) is 0.435. The van der Waals surface area contributed by atoms with Gasteiger partial charge in [0.05, 0.1) is 22.0 Å². The summed E-state index contributed by atoms with van der Waals surface area (Å²) in [5.74, 6) is -0.237. The van der Waals surface area contributed by atoms with Crippen LogP contribution in [0.25, 0.3) is 0 Å². The van der Waals surface area contributed by atoms with Gasteiger partial charge in [-0.05, 0) is 6.92 Å². The Labute approximate surface area is 88.7 Å². The zero-order valence-corrected chi connectivity index (χ0v) is 8.08. The van der Waals surface area contributed by atoms with Gasteiger partial charge in [0.15, 0.2) is 0 Å². The highest BCUT2D eigenvalue weighted by molar-refractivity contribution is 5.59. The molecule has 0 aromatic heterocycles. The summed E-state index contributed by atoms with van der Waals surface area (Å²) < 4.78 is 4.35. The minimum Gasteiger partial charge on any atom is -0.428 e. The normalized spacial score (nSPS) is 9.56. The molecule has 0 aliphatic rings. The van der Waals surface area contributed by atoms with E-state index in [0.717, 1.165) is 12.1 Å². The van der Waals surface area contributed by atoms with Crippen molar-refractivity contribution < 1.29 is 19.4 Å². The van der Waals surface area contributed by atoms with Crippen LogP contribution in [0.4, 0.5) is 11.4 Å². The minimum absolute atomic E-state index is 0.0398. The molecule has 0 heterocycles. The number of carbonyl (C=O) groups is 1. The van der Waals surface area contributed by atoms with Gasteiger partial charge in [0.2, 0.25) is 0 Å². The van der Waals surface area contributed by atoms with Crippen LogP contribution in [0.2, 0.25) is 0 Å². The van der Waals surface area contributed by atoms with Crippen LogP contribution in [0.5, 0.6) is 5.75 Å². The number of nitrogens with zero attached hydrogens (tertiary/aromatic N) is 2. The zero-order valence-electron chi connectivity index (χ0n) is 8.08. The molecule has 16 heavy (non-hydrogen) atoms. The molecule has 0 amide bonds. The van der Waals surface area contributed by atoms with Crippen molar-refractivity contribution in [1.82, 2.24) is 0 Å². The van der Waals surface area contributed by atoms with Crippen LogP contribution < -0.4 is 4.74 Å². The second-order valence-corrected chi connectivity index (χ2v) is 2.81. The number of benzene rings is 1. The first-order valence-corrected chi connectivity index (χ1v) is 4.01. The van der Waals surface area contributed by atoms with Gasteiger partial charge in [-0.3, -0.25) is 25.0 Å². The third kappa shape index (κ3) is 2.11. The molecule has 8 nitrogen and oxygen atoms in total. The van der Waals surface area contributed by atoms with E-state index < -0.39 is 21.2 Å². The Balaban J connectivity index is 3.44. The monoisotopic (exact) mass is 226 g/mol. The predicted molar refractivity (Wildman–Crippen MR) is 51.2 cm³/mol. The molecule has 84 valence electrons. The van der Waals surface area contributed by atoms with Gasteiger partial charge in [-0.15, -0.1) is 0 Å². The molecule has 0 fully saturated rings. The molecule has 0 saturated carbocycles. The molecule has 1 aromatic rings. The molecule has 0 saturated heterocycles. The fourth-order valence-corrected chi connectivity index (χ4v) is 1.16. The van der Waals surface area contributed by atoms with E-state index in [4.69, 9.17) is 0 Å². The molecule has 0 atom stereocenters. The Morgan fingerprint density at radius 3 is 1.94 bits per heavy atom. The second kappa shape index (κ2) is 4.34. The van der Waals surface area contributed by atoms with Crippen LogP contribution in [0, 0.1) is 27.2 Å². The first kappa shape index (κ1) is 11.6. The van der Waals surface area contributed by atoms with Gasteiger partial charge < -0.3 is 4.74 Å². The molecule has 0 unspecified atom stereocenters. The van der Waals surface area contributed by atoms with Crippen LogP contribution in [-0.2, 0) is 4.79 Å². The standard InChI is InChI=1S/C8H6N2O6/c1-5-7(9(12)13)2-6(16-4-11)3-8(5)10(14)15/h2-4H,1H3. The molecule has 0 radical (unpaired) electrons. The van der Waals surface area contributed by atoms with Crippen LogP contribution in [-0.4, -0.2) is 16.3 Å². The van der Waals surface area contributed by atoms with Gasteiger partial charge in [-0.2, -0.15) is 0 Å². The van der Waals surface area contributed by atoms with Crippen molar-refractivity contribution in [2.45, 2.75) is 6.92 Å². The van der Waals surface area contributed by atoms with Gasteiger partial charge in [-0.25, -0.2) is 0 Å². The van der Waals surface area contributed by atoms with E-state index in [9.17, 15) is 25.0 Å². The van der Waals surface area contributed by atoms with Crippen LogP contribution in [0.1, 0.15) is 5.56 Å². The number of nitro groups is 2. The van der Waals surface area contributed by atoms with E-state index >= 15 is 0 Å². The van der Waals surface area contributed by atoms with Crippen molar-refractivity contribution in [2.75, 3.05) is 0 Å². The molecule has 0 bridgehead atoms. The Hall–Kier alpha value is -2.51. The summed E-state index contributed by atoms with van der Waals surface area (Å²) in [6.07, 6.45) is 0. The van der Waals surface area contributed by atoms with Gasteiger partial charge in [0, 0.05) is 0 Å². The highest BCUT2D eigenvalue weighted by atomic mass is 16.6. The van der Waals surface area contributed by atoms with Crippen molar-refractivity contribution in [3.63, 3.8) is 0 Å². The fourth-order valence-electron chi connectivity index (χ4n) is 1.16. The van der Waals surface area contributed by atoms with E-state index in [2.05, 4.69) is 4.74 Å². The largest absolute Gasteiger partial charge is 0.428 e. The Bertz CT molecular complexity index is 435. The van der Waals surface area contributed by atoms with Crippen molar-refractivity contribution in [3.8, 4) is 5.75 Å². The maximum atomic E-state index is 10.6. The van der Waals surface area contributed by atoms with Crippen molar-refractivity contribution in [2.24, 2.45) is 0 Å². The van der Waals surface area contributed by atoms with Crippen LogP contribution >= 0.6 is 0 Å². The van der Waals surface area contributed by atoms with Gasteiger partial charge in [-0.1, -0.05) is 0 Å². The summed E-state index contributed by atoms with van der Waals surface area (Å²) in [6, 6.07) is 1.91. The lowest BCUT2D eigenvalue weighted by Crippen LogP contribution is -1.99. The molecule has 0 aliphatic heterocycles. The van der Waals surface area contributed by atoms with E-state index in [1.807, 2.05) is 0 Å². The summed E-state index contributed by atoms with van der Waals surface area (Å²) in [6.45, 7) is 1.29. The van der Waals surface area contributed by atoms with Crippen molar-refractivity contribution in [1.29, 1.82) is 0 Å². The molecular weight excluding hydrogens is 220 g/mol. The van der Waals surface area contributed by atoms with E-state index in [0.29, 0.717) is 0 Å². The number of rotatable bonds is 4. The van der Waals surface area contributed by atoms with Crippen LogP contribution in [0.15, 0.2) is 12.1 Å². The molecule has 0 spiro atoms. The van der Waals surface area contributed by atoms with Crippen molar-refractivity contribution in [3.05, 3.63) is 37.9 Å². The van der Waals surface area contributed by atoms with E-state index in [1.54, 1.807) is 0 Å². The number of hydrogen-bond donors (Lipinski definition) is 0. The SMILES string of the molecule is Cc1c([N+](=O)[O-])cc(OC=O)cc1[N+](=O)[O-]. The summed E-state index contributed by atoms with van der Waals surface area (Å²) in [4.78, 5) is 29.7. The molecule has 1 aromatic carbocycles. The minimum atomic E-state index is -0.778. The number of hydrogen-bond acceptors (Lipinski definition) is 6. The molecular formula is C8H6N2O6. The van der Waals surface area contributed by atoms with Gasteiger partial charge in [0.25, 0.3) is 17.8 Å². The third-order valence-corrected chi connectivity index (χ3v) is 1.90. The lowest BCUT2D eigenvalue weighted by Gasteiger charge is -2.02. The molecule has 1 rings (SSSR count). The molecule has 0 N–H and O–H groups in total. The summed E-state index contributed by atoms with van der Waals surface area (Å²) in [7, 11) is 0. The third-order valence-electron chi connectivity index (χ3n) is 1.90. The Kier molecular flexibility index (Phi) is 3.14. The maximum Gasteiger partial charge on any atom is 0.298 e. The van der Waals surface area contributed by atoms with Gasteiger partial charge in [0.1, 0.15) is 11.3 Å². The predicted octanol–water partition coefficient (Wildman–Crippen LogP) is 1.35. The first-order chi connectivity index (χ1) is 7.47. The highest BCUT2D eigenvalue weighted by Crippen LogP contribution is 2.32. The first-order valence-electron chi connectivity index (χ1n) is 4.01. The average Bonchev–Trinajstić information content (AvgIpc) is 2.19. The summed E-state index contributed by atoms with van der Waals surface area (Å²) in [5, 5.41) is 21.2.